The highest BCUT2D eigenvalue weighted by molar-refractivity contribution is 8.10. The van der Waals surface area contributed by atoms with E-state index in [2.05, 4.69) is 31.4 Å². The first-order valence-corrected chi connectivity index (χ1v) is 11.6. The summed E-state index contributed by atoms with van der Waals surface area (Å²) in [5, 5.41) is 0. The average molecular weight is 374 g/mol. The standard InChI is InChI=1S/C21H43NS2/c1-3-5-7-9-11-13-15-17-19-22(21(23)24)20-18-16-14-12-10-8-6-4-2/h3-20H2,1-2H3,(H,23,24). The third kappa shape index (κ3) is 17.1. The summed E-state index contributed by atoms with van der Waals surface area (Å²) in [4.78, 5) is 2.31. The van der Waals surface area contributed by atoms with E-state index in [-0.39, 0.29) is 0 Å². The summed E-state index contributed by atoms with van der Waals surface area (Å²) in [7, 11) is 0. The lowest BCUT2D eigenvalue weighted by molar-refractivity contribution is 0.394. The molecule has 1 nitrogen and oxygen atoms in total. The van der Waals surface area contributed by atoms with E-state index >= 15 is 0 Å². The van der Waals surface area contributed by atoms with Gasteiger partial charge in [0.25, 0.3) is 0 Å². The molecular weight excluding hydrogens is 330 g/mol. The molecule has 0 amide bonds. The summed E-state index contributed by atoms with van der Waals surface area (Å²) in [6, 6.07) is 0. The second-order valence-corrected chi connectivity index (χ2v) is 8.33. The Kier molecular flexibility index (Phi) is 19.8. The number of nitrogens with zero attached hydrogens (tertiary/aromatic N) is 1. The molecule has 24 heavy (non-hydrogen) atoms. The molecule has 0 aromatic carbocycles. The van der Waals surface area contributed by atoms with E-state index in [1.165, 1.54) is 103 Å². The lowest BCUT2D eigenvalue weighted by Gasteiger charge is -2.22. The molecule has 0 unspecified atom stereocenters. The topological polar surface area (TPSA) is 3.24 Å². The SMILES string of the molecule is CCCCCCCCCCN(CCCCCCCCCC)C(=S)S. The van der Waals surface area contributed by atoms with Crippen LogP contribution in [0.25, 0.3) is 0 Å². The van der Waals surface area contributed by atoms with Crippen LogP contribution in [-0.2, 0) is 0 Å². The van der Waals surface area contributed by atoms with E-state index in [9.17, 15) is 0 Å². The Morgan fingerprint density at radius 3 is 1.17 bits per heavy atom. The van der Waals surface area contributed by atoms with Gasteiger partial charge in [-0.25, -0.2) is 0 Å². The third-order valence-corrected chi connectivity index (χ3v) is 5.37. The molecule has 0 N–H and O–H groups in total. The van der Waals surface area contributed by atoms with Crippen LogP contribution >= 0.6 is 24.8 Å². The molecule has 0 saturated heterocycles. The first kappa shape index (κ1) is 24.2. The number of thiocarbonyl (C=S) groups is 1. The van der Waals surface area contributed by atoms with Crippen LogP contribution < -0.4 is 0 Å². The summed E-state index contributed by atoms with van der Waals surface area (Å²) < 4.78 is 0.792. The maximum atomic E-state index is 5.30. The van der Waals surface area contributed by atoms with Gasteiger partial charge in [-0.15, -0.1) is 12.6 Å². The smallest absolute Gasteiger partial charge is 0.133 e. The van der Waals surface area contributed by atoms with Crippen molar-refractivity contribution >= 4 is 29.2 Å². The monoisotopic (exact) mass is 373 g/mol. The van der Waals surface area contributed by atoms with Crippen LogP contribution in [0, 0.1) is 0 Å². The van der Waals surface area contributed by atoms with Crippen molar-refractivity contribution < 1.29 is 0 Å². The van der Waals surface area contributed by atoms with Gasteiger partial charge in [-0.05, 0) is 12.8 Å². The molecule has 0 bridgehead atoms. The van der Waals surface area contributed by atoms with Gasteiger partial charge in [0.05, 0.1) is 0 Å². The van der Waals surface area contributed by atoms with Crippen LogP contribution in [0.3, 0.4) is 0 Å². The van der Waals surface area contributed by atoms with E-state index in [1.54, 1.807) is 0 Å². The van der Waals surface area contributed by atoms with E-state index in [0.29, 0.717) is 0 Å². The zero-order chi connectivity index (χ0) is 17.9. The van der Waals surface area contributed by atoms with Crippen molar-refractivity contribution in [1.82, 2.24) is 4.90 Å². The van der Waals surface area contributed by atoms with Crippen molar-refractivity contribution in [1.29, 1.82) is 0 Å². The Hall–Kier alpha value is 0.240. The summed E-state index contributed by atoms with van der Waals surface area (Å²) in [5.41, 5.74) is 0. The first-order valence-electron chi connectivity index (χ1n) is 10.7. The van der Waals surface area contributed by atoms with Crippen LogP contribution in [0.4, 0.5) is 0 Å². The van der Waals surface area contributed by atoms with Gasteiger partial charge >= 0.3 is 0 Å². The number of thiol groups is 1. The molecule has 144 valence electrons. The lowest BCUT2D eigenvalue weighted by Crippen LogP contribution is -2.28. The fourth-order valence-corrected chi connectivity index (χ4v) is 3.56. The fraction of sp³-hybridized carbons (Fsp3) is 0.952. The quantitative estimate of drug-likeness (QED) is 0.148. The van der Waals surface area contributed by atoms with Gasteiger partial charge in [0.1, 0.15) is 4.32 Å². The van der Waals surface area contributed by atoms with Crippen LogP contribution in [0.1, 0.15) is 117 Å². The van der Waals surface area contributed by atoms with Gasteiger partial charge in [-0.3, -0.25) is 0 Å². The van der Waals surface area contributed by atoms with E-state index < -0.39 is 0 Å². The highest BCUT2D eigenvalue weighted by Gasteiger charge is 2.05. The van der Waals surface area contributed by atoms with Gasteiger partial charge in [-0.1, -0.05) is 116 Å². The zero-order valence-corrected chi connectivity index (χ0v) is 18.2. The van der Waals surface area contributed by atoms with Gasteiger partial charge < -0.3 is 4.90 Å². The van der Waals surface area contributed by atoms with Gasteiger partial charge in [-0.2, -0.15) is 0 Å². The summed E-state index contributed by atoms with van der Waals surface area (Å²) in [5.74, 6) is 0. The van der Waals surface area contributed by atoms with Crippen LogP contribution in [0.2, 0.25) is 0 Å². The molecular formula is C21H43NS2. The highest BCUT2D eigenvalue weighted by Crippen LogP contribution is 2.12. The molecule has 0 radical (unpaired) electrons. The van der Waals surface area contributed by atoms with E-state index in [4.69, 9.17) is 12.2 Å². The lowest BCUT2D eigenvalue weighted by atomic mass is 10.1. The highest BCUT2D eigenvalue weighted by atomic mass is 32.1. The van der Waals surface area contributed by atoms with Crippen molar-refractivity contribution in [2.24, 2.45) is 0 Å². The van der Waals surface area contributed by atoms with Crippen molar-refractivity contribution in [3.05, 3.63) is 0 Å². The van der Waals surface area contributed by atoms with Crippen molar-refractivity contribution in [2.45, 2.75) is 117 Å². The molecule has 0 aromatic rings. The normalized spacial score (nSPS) is 11.0. The van der Waals surface area contributed by atoms with Crippen LogP contribution in [-0.4, -0.2) is 22.3 Å². The molecule has 0 aliphatic rings. The molecule has 0 atom stereocenters. The molecule has 0 spiro atoms. The van der Waals surface area contributed by atoms with E-state index in [1.807, 2.05) is 0 Å². The van der Waals surface area contributed by atoms with Crippen molar-refractivity contribution in [3.8, 4) is 0 Å². The van der Waals surface area contributed by atoms with Gasteiger partial charge in [0.15, 0.2) is 0 Å². The number of unbranched alkanes of at least 4 members (excludes halogenated alkanes) is 14. The van der Waals surface area contributed by atoms with Crippen LogP contribution in [0.15, 0.2) is 0 Å². The Balaban J connectivity index is 3.49. The zero-order valence-electron chi connectivity index (χ0n) is 16.5. The molecule has 0 rings (SSSR count). The maximum Gasteiger partial charge on any atom is 0.133 e. The Morgan fingerprint density at radius 2 is 0.875 bits per heavy atom. The second kappa shape index (κ2) is 19.6. The first-order chi connectivity index (χ1) is 11.7. The van der Waals surface area contributed by atoms with Gasteiger partial charge in [0.2, 0.25) is 0 Å². The molecule has 0 aromatic heterocycles. The molecule has 0 heterocycles. The Bertz CT molecular complexity index is 249. The second-order valence-electron chi connectivity index (χ2n) is 7.22. The Morgan fingerprint density at radius 1 is 0.583 bits per heavy atom. The Labute approximate surface area is 163 Å². The fourth-order valence-electron chi connectivity index (χ4n) is 3.18. The number of rotatable bonds is 18. The number of hydrogen-bond acceptors (Lipinski definition) is 1. The average Bonchev–Trinajstić information content (AvgIpc) is 2.57. The van der Waals surface area contributed by atoms with Crippen molar-refractivity contribution in [3.63, 3.8) is 0 Å². The van der Waals surface area contributed by atoms with E-state index in [0.717, 1.165) is 17.4 Å². The van der Waals surface area contributed by atoms with Gasteiger partial charge in [0, 0.05) is 13.1 Å². The third-order valence-electron chi connectivity index (χ3n) is 4.83. The molecule has 0 saturated carbocycles. The molecule has 0 fully saturated rings. The van der Waals surface area contributed by atoms with Crippen molar-refractivity contribution in [2.75, 3.05) is 13.1 Å². The summed E-state index contributed by atoms with van der Waals surface area (Å²) >= 11 is 9.72. The summed E-state index contributed by atoms with van der Waals surface area (Å²) in [6.07, 6.45) is 22.0. The minimum atomic E-state index is 0.792. The molecule has 3 heteroatoms. The minimum absolute atomic E-state index is 0.792. The predicted molar refractivity (Wildman–Crippen MR) is 118 cm³/mol. The molecule has 0 aliphatic carbocycles. The predicted octanol–water partition coefficient (Wildman–Crippen LogP) is 7.78. The number of hydrogen-bond donors (Lipinski definition) is 1. The molecule has 0 aliphatic heterocycles. The minimum Gasteiger partial charge on any atom is -0.358 e. The largest absolute Gasteiger partial charge is 0.358 e. The summed E-state index contributed by atoms with van der Waals surface area (Å²) in [6.45, 7) is 6.77. The maximum absolute atomic E-state index is 5.30. The van der Waals surface area contributed by atoms with Crippen LogP contribution in [0.5, 0.6) is 0 Å².